The fourth-order valence-corrected chi connectivity index (χ4v) is 3.56. The van der Waals surface area contributed by atoms with Gasteiger partial charge in [0.05, 0.1) is 24.5 Å². The zero-order chi connectivity index (χ0) is 23.6. The Kier molecular flexibility index (Phi) is 6.62. The highest BCUT2D eigenvalue weighted by molar-refractivity contribution is 5.99. The number of guanidine groups is 1. The van der Waals surface area contributed by atoms with E-state index in [0.717, 1.165) is 6.07 Å². The first kappa shape index (κ1) is 23.4. The molecule has 0 spiro atoms. The third-order valence-electron chi connectivity index (χ3n) is 5.98. The molecule has 0 aromatic heterocycles. The summed E-state index contributed by atoms with van der Waals surface area (Å²) in [5, 5.41) is 2.77. The second kappa shape index (κ2) is 9.06. The molecule has 6 nitrogen and oxygen atoms in total. The quantitative estimate of drug-likeness (QED) is 0.711. The lowest BCUT2D eigenvalue weighted by Crippen LogP contribution is -2.51. The van der Waals surface area contributed by atoms with Crippen LogP contribution in [0.25, 0.3) is 0 Å². The average Bonchev–Trinajstić information content (AvgIpc) is 2.70. The van der Waals surface area contributed by atoms with Crippen molar-refractivity contribution in [1.29, 1.82) is 0 Å². The number of halogens is 2. The van der Waals surface area contributed by atoms with Gasteiger partial charge in [-0.3, -0.25) is 14.5 Å². The molecule has 170 valence electrons. The van der Waals surface area contributed by atoms with Crippen molar-refractivity contribution in [3.63, 3.8) is 0 Å². The van der Waals surface area contributed by atoms with E-state index in [1.807, 2.05) is 20.8 Å². The first-order valence-electron chi connectivity index (χ1n) is 10.5. The van der Waals surface area contributed by atoms with Crippen LogP contribution in [0.1, 0.15) is 61.6 Å². The van der Waals surface area contributed by atoms with Gasteiger partial charge >= 0.3 is 0 Å². The van der Waals surface area contributed by atoms with Crippen molar-refractivity contribution in [1.82, 2.24) is 10.2 Å². The summed E-state index contributed by atoms with van der Waals surface area (Å²) >= 11 is 0. The van der Waals surface area contributed by atoms with E-state index in [0.29, 0.717) is 11.1 Å². The van der Waals surface area contributed by atoms with Crippen molar-refractivity contribution < 1.29 is 18.4 Å². The van der Waals surface area contributed by atoms with Gasteiger partial charge in [-0.1, -0.05) is 26.0 Å². The van der Waals surface area contributed by atoms with Gasteiger partial charge in [-0.2, -0.15) is 0 Å². The Bertz CT molecular complexity index is 1050. The second-order valence-electron chi connectivity index (χ2n) is 8.73. The van der Waals surface area contributed by atoms with E-state index in [2.05, 4.69) is 10.3 Å². The van der Waals surface area contributed by atoms with Crippen LogP contribution in [0.5, 0.6) is 0 Å². The molecule has 8 heteroatoms. The number of amides is 2. The molecule has 0 saturated carbocycles. The second-order valence-corrected chi connectivity index (χ2v) is 8.73. The average molecular weight is 443 g/mol. The first-order chi connectivity index (χ1) is 15.0. The number of rotatable bonds is 6. The SMILES string of the molecule is CC(NC(=O)c1cc(F)cc(CN2C(=O)CC(C)(C(C)C)N=C2N)c1)c1ccc(F)cc1. The molecule has 2 amide bonds. The van der Waals surface area contributed by atoms with Crippen molar-refractivity contribution in [2.75, 3.05) is 0 Å². The minimum Gasteiger partial charge on any atom is -0.369 e. The molecule has 2 unspecified atom stereocenters. The monoisotopic (exact) mass is 442 g/mol. The Morgan fingerprint density at radius 1 is 1.16 bits per heavy atom. The summed E-state index contributed by atoms with van der Waals surface area (Å²) in [5.41, 5.74) is 6.73. The summed E-state index contributed by atoms with van der Waals surface area (Å²) in [4.78, 5) is 31.2. The minimum absolute atomic E-state index is 0.00783. The molecular formula is C24H28F2N4O2. The van der Waals surface area contributed by atoms with Crippen molar-refractivity contribution in [3.05, 3.63) is 70.8 Å². The Hall–Kier alpha value is -3.29. The van der Waals surface area contributed by atoms with Crippen molar-refractivity contribution in [3.8, 4) is 0 Å². The van der Waals surface area contributed by atoms with Crippen LogP contribution in [0.15, 0.2) is 47.5 Å². The normalized spacial score (nSPS) is 19.7. The van der Waals surface area contributed by atoms with Crippen LogP contribution in [0.3, 0.4) is 0 Å². The Balaban J connectivity index is 1.78. The van der Waals surface area contributed by atoms with Gasteiger partial charge in [0.15, 0.2) is 5.96 Å². The van der Waals surface area contributed by atoms with E-state index in [1.165, 1.54) is 29.2 Å². The van der Waals surface area contributed by atoms with Crippen molar-refractivity contribution >= 4 is 17.8 Å². The number of nitrogens with zero attached hydrogens (tertiary/aromatic N) is 2. The van der Waals surface area contributed by atoms with E-state index in [9.17, 15) is 18.4 Å². The lowest BCUT2D eigenvalue weighted by atomic mass is 9.84. The van der Waals surface area contributed by atoms with Gasteiger partial charge in [0.1, 0.15) is 11.6 Å². The fraction of sp³-hybridized carbons (Fsp3) is 0.375. The van der Waals surface area contributed by atoms with Gasteiger partial charge in [-0.25, -0.2) is 13.8 Å². The van der Waals surface area contributed by atoms with E-state index < -0.39 is 23.3 Å². The van der Waals surface area contributed by atoms with Crippen molar-refractivity contribution in [2.24, 2.45) is 16.6 Å². The summed E-state index contributed by atoms with van der Waals surface area (Å²) < 4.78 is 27.4. The third kappa shape index (κ3) is 5.12. The minimum atomic E-state index is -0.603. The van der Waals surface area contributed by atoms with Gasteiger partial charge < -0.3 is 11.1 Å². The zero-order valence-electron chi connectivity index (χ0n) is 18.7. The molecule has 0 bridgehead atoms. The van der Waals surface area contributed by atoms with E-state index in [1.54, 1.807) is 19.1 Å². The highest BCUT2D eigenvalue weighted by Crippen LogP contribution is 2.30. The predicted molar refractivity (Wildman–Crippen MR) is 119 cm³/mol. The molecule has 32 heavy (non-hydrogen) atoms. The number of carbonyl (C=O) groups is 2. The molecule has 0 saturated heterocycles. The Labute approximate surface area is 186 Å². The number of hydrogen-bond donors (Lipinski definition) is 2. The smallest absolute Gasteiger partial charge is 0.251 e. The molecule has 2 aromatic carbocycles. The topological polar surface area (TPSA) is 87.8 Å². The van der Waals surface area contributed by atoms with Crippen LogP contribution < -0.4 is 11.1 Å². The molecule has 3 rings (SSSR count). The van der Waals surface area contributed by atoms with Crippen LogP contribution in [0.4, 0.5) is 8.78 Å². The van der Waals surface area contributed by atoms with Crippen LogP contribution in [0, 0.1) is 17.6 Å². The number of hydrogen-bond acceptors (Lipinski definition) is 4. The molecule has 3 N–H and O–H groups in total. The number of carbonyl (C=O) groups excluding carboxylic acids is 2. The summed E-state index contributed by atoms with van der Waals surface area (Å²) in [7, 11) is 0. The molecule has 1 aliphatic heterocycles. The fourth-order valence-electron chi connectivity index (χ4n) is 3.56. The van der Waals surface area contributed by atoms with Gasteiger partial charge in [0.2, 0.25) is 5.91 Å². The number of nitrogens with one attached hydrogen (secondary N) is 1. The molecule has 0 aliphatic carbocycles. The third-order valence-corrected chi connectivity index (χ3v) is 5.98. The summed E-state index contributed by atoms with van der Waals surface area (Å²) in [6.07, 6.45) is 0.198. The molecule has 0 radical (unpaired) electrons. The molecular weight excluding hydrogens is 414 g/mol. The highest BCUT2D eigenvalue weighted by atomic mass is 19.1. The van der Waals surface area contributed by atoms with Crippen LogP contribution in [-0.4, -0.2) is 28.2 Å². The standard InChI is InChI=1S/C24H28F2N4O2/c1-14(2)24(4)12-21(31)30(23(27)29-24)13-16-9-18(11-20(26)10-16)22(32)28-15(3)17-5-7-19(25)8-6-17/h5-11,14-15H,12-13H2,1-4H3,(H2,27,29)(H,28,32). The maximum atomic E-state index is 14.3. The van der Waals surface area contributed by atoms with E-state index in [-0.39, 0.29) is 42.1 Å². The summed E-state index contributed by atoms with van der Waals surface area (Å²) in [6, 6.07) is 9.27. The molecule has 1 aliphatic rings. The Morgan fingerprint density at radius 3 is 2.41 bits per heavy atom. The maximum absolute atomic E-state index is 14.3. The molecule has 2 atom stereocenters. The number of aliphatic imine (C=N–C) groups is 1. The largest absolute Gasteiger partial charge is 0.369 e. The summed E-state index contributed by atoms with van der Waals surface area (Å²) in [6.45, 7) is 7.59. The molecule has 0 fully saturated rings. The van der Waals surface area contributed by atoms with E-state index in [4.69, 9.17) is 5.73 Å². The first-order valence-corrected chi connectivity index (χ1v) is 10.5. The van der Waals surface area contributed by atoms with Crippen molar-refractivity contribution in [2.45, 2.75) is 52.2 Å². The zero-order valence-corrected chi connectivity index (χ0v) is 18.7. The highest BCUT2D eigenvalue weighted by Gasteiger charge is 2.38. The predicted octanol–water partition coefficient (Wildman–Crippen LogP) is 3.92. The van der Waals surface area contributed by atoms with Crippen LogP contribution in [0.2, 0.25) is 0 Å². The van der Waals surface area contributed by atoms with Gasteiger partial charge in [-0.15, -0.1) is 0 Å². The van der Waals surface area contributed by atoms with Gasteiger partial charge in [0.25, 0.3) is 5.91 Å². The van der Waals surface area contributed by atoms with E-state index >= 15 is 0 Å². The summed E-state index contributed by atoms with van der Waals surface area (Å²) in [5.74, 6) is -1.45. The van der Waals surface area contributed by atoms with Crippen LogP contribution in [-0.2, 0) is 11.3 Å². The number of nitrogens with two attached hydrogens (primary N) is 1. The number of benzene rings is 2. The maximum Gasteiger partial charge on any atom is 0.251 e. The molecule has 2 aromatic rings. The van der Waals surface area contributed by atoms with Crippen LogP contribution >= 0.6 is 0 Å². The van der Waals surface area contributed by atoms with Gasteiger partial charge in [-0.05, 0) is 61.2 Å². The Morgan fingerprint density at radius 2 is 1.81 bits per heavy atom. The lowest BCUT2D eigenvalue weighted by molar-refractivity contribution is -0.130. The lowest BCUT2D eigenvalue weighted by Gasteiger charge is -2.37. The van der Waals surface area contributed by atoms with Gasteiger partial charge in [0, 0.05) is 5.56 Å². The molecule has 1 heterocycles.